The number of rotatable bonds is 5. The standard InChI is InChI=1S/C29H54N2P2/c1-26(2,3)24-16-21(20-33(27(4,5)6)28(7,8)9)25(17-24)29(32,22-12-10-14-30-18-22)23-13-11-15-31-19-23/h16-17,21-23,30-31H,10-15,18-20,32H2,1-9H3. The monoisotopic (exact) mass is 492 g/mol. The van der Waals surface area contributed by atoms with E-state index in [2.05, 4.69) is 94.3 Å². The van der Waals surface area contributed by atoms with Crippen LogP contribution < -0.4 is 10.6 Å². The van der Waals surface area contributed by atoms with E-state index in [0.29, 0.717) is 28.1 Å². The van der Waals surface area contributed by atoms with Gasteiger partial charge in [0.25, 0.3) is 0 Å². The van der Waals surface area contributed by atoms with Crippen molar-refractivity contribution >= 4 is 17.2 Å². The molecule has 0 radical (unpaired) electrons. The molecule has 1 aliphatic carbocycles. The smallest absolute Gasteiger partial charge is 0.0146 e. The van der Waals surface area contributed by atoms with Gasteiger partial charge < -0.3 is 10.6 Å². The van der Waals surface area contributed by atoms with Crippen LogP contribution in [-0.2, 0) is 0 Å². The lowest BCUT2D eigenvalue weighted by molar-refractivity contribution is 0.213. The topological polar surface area (TPSA) is 24.1 Å². The molecule has 3 aliphatic rings. The molecule has 0 amide bonds. The predicted molar refractivity (Wildman–Crippen MR) is 154 cm³/mol. The van der Waals surface area contributed by atoms with Gasteiger partial charge in [0.05, 0.1) is 0 Å². The van der Waals surface area contributed by atoms with Gasteiger partial charge in [0, 0.05) is 11.1 Å². The highest BCUT2D eigenvalue weighted by molar-refractivity contribution is 7.60. The van der Waals surface area contributed by atoms with Crippen LogP contribution in [-0.4, -0.2) is 47.8 Å². The first-order valence-electron chi connectivity index (χ1n) is 13.6. The second-order valence-electron chi connectivity index (χ2n) is 14.0. The second-order valence-corrected chi connectivity index (χ2v) is 18.9. The normalized spacial score (nSPS) is 29.6. The zero-order chi connectivity index (χ0) is 24.7. The van der Waals surface area contributed by atoms with E-state index in [0.717, 1.165) is 0 Å². The first-order valence-corrected chi connectivity index (χ1v) is 15.7. The zero-order valence-corrected chi connectivity index (χ0v) is 25.3. The molecule has 0 aromatic carbocycles. The predicted octanol–water partition coefficient (Wildman–Crippen LogP) is 7.21. The average molecular weight is 493 g/mol. The van der Waals surface area contributed by atoms with Crippen LogP contribution in [0.2, 0.25) is 0 Å². The van der Waals surface area contributed by atoms with Crippen LogP contribution in [0.3, 0.4) is 0 Å². The third-order valence-electron chi connectivity index (χ3n) is 8.40. The molecule has 0 spiro atoms. The van der Waals surface area contributed by atoms with Gasteiger partial charge in [-0.25, -0.2) is 0 Å². The summed E-state index contributed by atoms with van der Waals surface area (Å²) in [6.45, 7) is 26.8. The lowest BCUT2D eigenvalue weighted by Gasteiger charge is -2.51. The molecule has 2 N–H and O–H groups in total. The van der Waals surface area contributed by atoms with Crippen molar-refractivity contribution in [2.45, 2.75) is 103 Å². The maximum Gasteiger partial charge on any atom is 0.0146 e. The zero-order valence-electron chi connectivity index (χ0n) is 23.3. The van der Waals surface area contributed by atoms with Crippen molar-refractivity contribution in [1.29, 1.82) is 0 Å². The summed E-state index contributed by atoms with van der Waals surface area (Å²) in [6, 6.07) is 0. The molecule has 4 atom stereocenters. The third kappa shape index (κ3) is 6.34. The van der Waals surface area contributed by atoms with E-state index in [1.54, 1.807) is 11.1 Å². The summed E-state index contributed by atoms with van der Waals surface area (Å²) < 4.78 is 0. The number of allylic oxidation sites excluding steroid dienone is 4. The highest BCUT2D eigenvalue weighted by Crippen LogP contribution is 2.63. The summed E-state index contributed by atoms with van der Waals surface area (Å²) in [5, 5.41) is 8.46. The van der Waals surface area contributed by atoms with Crippen molar-refractivity contribution < 1.29 is 0 Å². The van der Waals surface area contributed by atoms with Crippen molar-refractivity contribution in [2.75, 3.05) is 32.3 Å². The number of piperidine rings is 2. The summed E-state index contributed by atoms with van der Waals surface area (Å²) in [5.41, 5.74) is 3.52. The van der Waals surface area contributed by atoms with Crippen LogP contribution in [0.4, 0.5) is 0 Å². The van der Waals surface area contributed by atoms with Crippen LogP contribution >= 0.6 is 17.2 Å². The maximum absolute atomic E-state index is 3.77. The lowest BCUT2D eigenvalue weighted by Crippen LogP contribution is -2.53. The number of hydrogen-bond donors (Lipinski definition) is 2. The lowest BCUT2D eigenvalue weighted by atomic mass is 9.68. The molecule has 4 unspecified atom stereocenters. The molecule has 190 valence electrons. The SMILES string of the molecule is CC(C)(C)C1=CC(CP(C(C)(C)C)C(C)(C)C)C(C(P)(C2CCCNC2)C2CCCNC2)=C1. The van der Waals surface area contributed by atoms with E-state index in [-0.39, 0.29) is 18.5 Å². The van der Waals surface area contributed by atoms with Gasteiger partial charge in [-0.15, -0.1) is 9.24 Å². The maximum atomic E-state index is 3.77. The minimum absolute atomic E-state index is 0.143. The minimum Gasteiger partial charge on any atom is -0.316 e. The highest BCUT2D eigenvalue weighted by atomic mass is 31.1. The van der Waals surface area contributed by atoms with Crippen LogP contribution in [0.25, 0.3) is 0 Å². The molecule has 0 aromatic heterocycles. The van der Waals surface area contributed by atoms with Gasteiger partial charge in [0.15, 0.2) is 0 Å². The van der Waals surface area contributed by atoms with E-state index in [1.807, 2.05) is 0 Å². The summed E-state index contributed by atoms with van der Waals surface area (Å²) >= 11 is 0. The van der Waals surface area contributed by atoms with Gasteiger partial charge in [-0.3, -0.25) is 0 Å². The molecule has 3 rings (SSSR count). The van der Waals surface area contributed by atoms with Gasteiger partial charge in [-0.1, -0.05) is 88.0 Å². The van der Waals surface area contributed by atoms with Crippen molar-refractivity contribution in [1.82, 2.24) is 10.6 Å². The molecule has 0 bridgehead atoms. The molecule has 4 heteroatoms. The van der Waals surface area contributed by atoms with Gasteiger partial charge in [0.1, 0.15) is 0 Å². The first-order chi connectivity index (χ1) is 15.1. The summed E-state index contributed by atoms with van der Waals surface area (Å²) in [7, 11) is 3.38. The first kappa shape index (κ1) is 27.8. The molecule has 33 heavy (non-hydrogen) atoms. The summed E-state index contributed by atoms with van der Waals surface area (Å²) in [5.74, 6) is 1.99. The number of nitrogens with one attached hydrogen (secondary N) is 2. The van der Waals surface area contributed by atoms with E-state index in [9.17, 15) is 0 Å². The molecule has 2 fully saturated rings. The Morgan fingerprint density at radius 2 is 1.33 bits per heavy atom. The van der Waals surface area contributed by atoms with Gasteiger partial charge in [-0.05, 0) is 91.2 Å². The highest BCUT2D eigenvalue weighted by Gasteiger charge is 2.49. The Bertz CT molecular complexity index is 688. The van der Waals surface area contributed by atoms with E-state index in [1.165, 1.54) is 58.0 Å². The van der Waals surface area contributed by atoms with Crippen LogP contribution in [0.15, 0.2) is 23.3 Å². The van der Waals surface area contributed by atoms with Crippen LogP contribution in [0, 0.1) is 23.2 Å². The molecular weight excluding hydrogens is 438 g/mol. The Morgan fingerprint density at radius 3 is 1.70 bits per heavy atom. The summed E-state index contributed by atoms with van der Waals surface area (Å²) in [6.07, 6.45) is 12.0. The van der Waals surface area contributed by atoms with Crippen molar-refractivity contribution in [3.8, 4) is 0 Å². The van der Waals surface area contributed by atoms with Gasteiger partial charge in [0.2, 0.25) is 0 Å². The van der Waals surface area contributed by atoms with E-state index in [4.69, 9.17) is 0 Å². The Labute approximate surface area is 209 Å². The van der Waals surface area contributed by atoms with Crippen molar-refractivity contribution in [3.05, 3.63) is 23.3 Å². The second kappa shape index (κ2) is 10.3. The number of hydrogen-bond acceptors (Lipinski definition) is 2. The molecule has 2 saturated heterocycles. The fourth-order valence-corrected chi connectivity index (χ4v) is 11.4. The van der Waals surface area contributed by atoms with Gasteiger partial charge >= 0.3 is 0 Å². The molecule has 0 aromatic rings. The third-order valence-corrected chi connectivity index (χ3v) is 13.7. The molecular formula is C29H54N2P2. The fourth-order valence-electron chi connectivity index (χ4n) is 6.77. The van der Waals surface area contributed by atoms with Crippen molar-refractivity contribution in [3.63, 3.8) is 0 Å². The fraction of sp³-hybridized carbons (Fsp3) is 0.862. The van der Waals surface area contributed by atoms with Crippen LogP contribution in [0.5, 0.6) is 0 Å². The molecule has 2 nitrogen and oxygen atoms in total. The quantitative estimate of drug-likeness (QED) is 0.396. The minimum atomic E-state index is -0.143. The molecule has 0 saturated carbocycles. The average Bonchev–Trinajstić information content (AvgIpc) is 3.16. The largest absolute Gasteiger partial charge is 0.316 e. The molecule has 2 heterocycles. The van der Waals surface area contributed by atoms with E-state index >= 15 is 0 Å². The van der Waals surface area contributed by atoms with Crippen LogP contribution in [0.1, 0.15) is 88.0 Å². The summed E-state index contributed by atoms with van der Waals surface area (Å²) in [4.78, 5) is 0. The van der Waals surface area contributed by atoms with E-state index < -0.39 is 0 Å². The Kier molecular flexibility index (Phi) is 8.71. The van der Waals surface area contributed by atoms with Gasteiger partial charge in [-0.2, -0.15) is 0 Å². The Morgan fingerprint density at radius 1 is 0.848 bits per heavy atom. The molecule has 2 aliphatic heterocycles. The van der Waals surface area contributed by atoms with Crippen molar-refractivity contribution in [2.24, 2.45) is 23.2 Å². The Hall–Kier alpha value is 0.260. The Balaban J connectivity index is 2.07.